The number of nitrogens with zero attached hydrogens (tertiary/aromatic N) is 3. The Labute approximate surface area is 225 Å². The van der Waals surface area contributed by atoms with Crippen molar-refractivity contribution in [3.05, 3.63) is 65.7 Å². The lowest BCUT2D eigenvalue weighted by molar-refractivity contribution is -0.139. The monoisotopic (exact) mass is 541 g/mol. The van der Waals surface area contributed by atoms with Crippen molar-refractivity contribution < 1.29 is 19.5 Å². The molecule has 1 fully saturated rings. The third-order valence-corrected chi connectivity index (χ3v) is 7.96. The first-order valence-corrected chi connectivity index (χ1v) is 14.4. The Bertz CT molecular complexity index is 1180. The Morgan fingerprint density at radius 1 is 1.24 bits per heavy atom. The summed E-state index contributed by atoms with van der Waals surface area (Å²) in [5, 5.41) is 16.0. The van der Waals surface area contributed by atoms with Crippen LogP contribution in [0.25, 0.3) is 0 Å². The molecule has 2 aliphatic heterocycles. The van der Waals surface area contributed by atoms with Crippen molar-refractivity contribution in [2.24, 2.45) is 4.99 Å². The van der Waals surface area contributed by atoms with Crippen LogP contribution in [0.15, 0.2) is 59.6 Å². The van der Waals surface area contributed by atoms with E-state index >= 15 is 0 Å². The quantitative estimate of drug-likeness (QED) is 0.434. The van der Waals surface area contributed by atoms with E-state index < -0.39 is 30.2 Å². The molecule has 0 saturated carbocycles. The molecular formula is C26H31N5O4S2. The van der Waals surface area contributed by atoms with Gasteiger partial charge in [0, 0.05) is 29.7 Å². The van der Waals surface area contributed by atoms with Crippen molar-refractivity contribution in [1.29, 1.82) is 0 Å². The van der Waals surface area contributed by atoms with Crippen molar-refractivity contribution in [1.82, 2.24) is 15.5 Å². The average Bonchev–Trinajstić information content (AvgIpc) is 3.29. The maximum Gasteiger partial charge on any atom is 0.272 e. The maximum atomic E-state index is 14.0. The van der Waals surface area contributed by atoms with Gasteiger partial charge in [0.2, 0.25) is 18.0 Å². The number of carbonyl (C=O) groups is 3. The molecule has 2 aromatic carbocycles. The standard InChI is InChI=1S/C26H31N5O4S2/c1-16-27-19(14-37-16)25(34)30(2)24-26(35)31(13-21(32)28-22(33)15-36-3)20-12-8-7-11-18(20)23(29-24)17-9-5-4-6-10-17/h4-12,16,19,22,24,27,33H,13-15H2,1-3H3,(H,28,32). The average molecular weight is 542 g/mol. The van der Waals surface area contributed by atoms with Crippen molar-refractivity contribution in [2.75, 3.05) is 36.3 Å². The van der Waals surface area contributed by atoms with Gasteiger partial charge in [0.1, 0.15) is 12.8 Å². The van der Waals surface area contributed by atoms with Crippen LogP contribution in [0.3, 0.4) is 0 Å². The van der Waals surface area contributed by atoms with Gasteiger partial charge in [0.25, 0.3) is 5.91 Å². The van der Waals surface area contributed by atoms with Crippen molar-refractivity contribution >= 4 is 52.6 Å². The highest BCUT2D eigenvalue weighted by atomic mass is 32.2. The predicted molar refractivity (Wildman–Crippen MR) is 149 cm³/mol. The fraction of sp³-hybridized carbons (Fsp3) is 0.385. The molecule has 196 valence electrons. The summed E-state index contributed by atoms with van der Waals surface area (Å²) in [6.45, 7) is 1.66. The van der Waals surface area contributed by atoms with Gasteiger partial charge < -0.3 is 15.3 Å². The van der Waals surface area contributed by atoms with Gasteiger partial charge >= 0.3 is 0 Å². The second kappa shape index (κ2) is 12.1. The molecule has 4 unspecified atom stereocenters. The van der Waals surface area contributed by atoms with Crippen LogP contribution < -0.4 is 15.5 Å². The fourth-order valence-electron chi connectivity index (χ4n) is 4.36. The number of carbonyl (C=O) groups excluding carboxylic acids is 3. The molecule has 1 saturated heterocycles. The Morgan fingerprint density at radius 2 is 1.95 bits per heavy atom. The zero-order valence-electron chi connectivity index (χ0n) is 21.0. The van der Waals surface area contributed by atoms with Crippen LogP contribution in [0.1, 0.15) is 18.1 Å². The third kappa shape index (κ3) is 6.18. The van der Waals surface area contributed by atoms with E-state index in [1.165, 1.54) is 21.6 Å². The number of likely N-dealkylation sites (N-methyl/N-ethyl adjacent to an activating group) is 1. The molecule has 3 N–H and O–H groups in total. The van der Waals surface area contributed by atoms with E-state index in [9.17, 15) is 19.5 Å². The first-order chi connectivity index (χ1) is 17.8. The number of para-hydroxylation sites is 1. The molecule has 0 bridgehead atoms. The summed E-state index contributed by atoms with van der Waals surface area (Å²) in [5.41, 5.74) is 2.53. The van der Waals surface area contributed by atoms with E-state index in [-0.39, 0.29) is 17.8 Å². The largest absolute Gasteiger partial charge is 0.373 e. The summed E-state index contributed by atoms with van der Waals surface area (Å²) >= 11 is 3.03. The van der Waals surface area contributed by atoms with Gasteiger partial charge in [-0.3, -0.25) is 24.6 Å². The summed E-state index contributed by atoms with van der Waals surface area (Å²) < 4.78 is 0. The first-order valence-electron chi connectivity index (χ1n) is 11.9. The smallest absolute Gasteiger partial charge is 0.272 e. The molecule has 9 nitrogen and oxygen atoms in total. The molecule has 0 aromatic heterocycles. The second-order valence-electron chi connectivity index (χ2n) is 8.84. The number of thioether (sulfide) groups is 2. The molecule has 2 heterocycles. The van der Waals surface area contributed by atoms with Crippen LogP contribution in [-0.2, 0) is 14.4 Å². The molecule has 0 radical (unpaired) electrons. The van der Waals surface area contributed by atoms with Crippen LogP contribution in [0.5, 0.6) is 0 Å². The second-order valence-corrected chi connectivity index (χ2v) is 11.1. The summed E-state index contributed by atoms with van der Waals surface area (Å²) in [4.78, 5) is 47.8. The van der Waals surface area contributed by atoms with Crippen molar-refractivity contribution in [2.45, 2.75) is 30.7 Å². The van der Waals surface area contributed by atoms with Gasteiger partial charge in [-0.2, -0.15) is 11.8 Å². The molecule has 0 spiro atoms. The van der Waals surface area contributed by atoms with Crippen molar-refractivity contribution in [3.63, 3.8) is 0 Å². The fourth-order valence-corrected chi connectivity index (χ4v) is 5.74. The van der Waals surface area contributed by atoms with Crippen LogP contribution in [0.2, 0.25) is 0 Å². The summed E-state index contributed by atoms with van der Waals surface area (Å²) in [7, 11) is 1.57. The SMILES string of the molecule is CSCC(O)NC(=O)CN1C(=O)C(N(C)C(=O)C2CSC(C)N2)N=C(c2ccccc2)c2ccccc21. The molecule has 4 atom stereocenters. The van der Waals surface area contributed by atoms with Crippen LogP contribution >= 0.6 is 23.5 Å². The van der Waals surface area contributed by atoms with Crippen LogP contribution in [0, 0.1) is 0 Å². The molecule has 37 heavy (non-hydrogen) atoms. The zero-order valence-corrected chi connectivity index (χ0v) is 22.6. The van der Waals surface area contributed by atoms with E-state index in [0.717, 1.165) is 5.56 Å². The summed E-state index contributed by atoms with van der Waals surface area (Å²) in [5.74, 6) is -0.328. The highest BCUT2D eigenvalue weighted by Gasteiger charge is 2.39. The molecule has 2 aliphatic rings. The zero-order chi connectivity index (χ0) is 26.5. The molecule has 2 aromatic rings. The summed E-state index contributed by atoms with van der Waals surface area (Å²) in [6.07, 6.45) is -0.395. The number of fused-ring (bicyclic) bond motifs is 1. The molecular weight excluding hydrogens is 510 g/mol. The Morgan fingerprint density at radius 3 is 2.62 bits per heavy atom. The highest BCUT2D eigenvalue weighted by Crippen LogP contribution is 2.30. The van der Waals surface area contributed by atoms with Crippen LogP contribution in [-0.4, -0.2) is 88.6 Å². The Balaban J connectivity index is 1.75. The van der Waals surface area contributed by atoms with Gasteiger partial charge in [-0.1, -0.05) is 48.5 Å². The maximum absolute atomic E-state index is 14.0. The van der Waals surface area contributed by atoms with Gasteiger partial charge in [-0.05, 0) is 19.2 Å². The summed E-state index contributed by atoms with van der Waals surface area (Å²) in [6, 6.07) is 16.3. The number of hydrogen-bond acceptors (Lipinski definition) is 8. The molecule has 4 rings (SSSR count). The van der Waals surface area contributed by atoms with Gasteiger partial charge in [0.05, 0.1) is 22.8 Å². The number of hydrogen-bond donors (Lipinski definition) is 3. The number of benzodiazepines with no additional fused rings is 1. The van der Waals surface area contributed by atoms with E-state index in [1.807, 2.05) is 55.6 Å². The van der Waals surface area contributed by atoms with Gasteiger partial charge in [0.15, 0.2) is 0 Å². The number of rotatable bonds is 8. The number of aliphatic hydroxyl groups excluding tert-OH is 1. The lowest BCUT2D eigenvalue weighted by Crippen LogP contribution is -2.55. The normalized spacial score (nSPS) is 22.1. The number of nitrogens with one attached hydrogen (secondary N) is 2. The van der Waals surface area contributed by atoms with Crippen LogP contribution in [0.4, 0.5) is 5.69 Å². The first kappa shape index (κ1) is 27.2. The highest BCUT2D eigenvalue weighted by molar-refractivity contribution is 8.00. The molecule has 0 aliphatic carbocycles. The minimum Gasteiger partial charge on any atom is -0.373 e. The Kier molecular flexibility index (Phi) is 8.91. The number of aliphatic hydroxyl groups is 1. The predicted octanol–water partition coefficient (Wildman–Crippen LogP) is 1.50. The lowest BCUT2D eigenvalue weighted by Gasteiger charge is -2.30. The minimum absolute atomic E-state index is 0.132. The van der Waals surface area contributed by atoms with E-state index in [2.05, 4.69) is 10.6 Å². The lowest BCUT2D eigenvalue weighted by atomic mass is 10.0. The molecule has 3 amide bonds. The van der Waals surface area contributed by atoms with Crippen molar-refractivity contribution in [3.8, 4) is 0 Å². The van der Waals surface area contributed by atoms with E-state index in [1.54, 1.807) is 30.9 Å². The van der Waals surface area contributed by atoms with Gasteiger partial charge in [-0.25, -0.2) is 4.99 Å². The number of anilines is 1. The number of amides is 3. The number of aliphatic imine (C=N–C) groups is 1. The van der Waals surface area contributed by atoms with E-state index in [4.69, 9.17) is 4.99 Å². The molecule has 11 heteroatoms. The third-order valence-electron chi connectivity index (χ3n) is 6.15. The minimum atomic E-state index is -1.18. The number of benzene rings is 2. The van der Waals surface area contributed by atoms with Gasteiger partial charge in [-0.15, -0.1) is 11.8 Å². The van der Waals surface area contributed by atoms with E-state index in [0.29, 0.717) is 28.5 Å². The topological polar surface area (TPSA) is 114 Å². The Hall–Kier alpha value is -2.86.